The van der Waals surface area contributed by atoms with E-state index in [4.69, 9.17) is 13.9 Å². The topological polar surface area (TPSA) is 47.7 Å². The number of aryl methyl sites for hydroxylation is 1. The molecule has 4 aromatic rings. The first-order valence-electron chi connectivity index (χ1n) is 9.42. The zero-order valence-corrected chi connectivity index (χ0v) is 15.4. The minimum atomic E-state index is 0.674. The molecule has 1 aliphatic rings. The van der Waals surface area contributed by atoms with Crippen molar-refractivity contribution in [2.24, 2.45) is 0 Å². The number of hydrogen-bond donors (Lipinski definition) is 0. The van der Waals surface area contributed by atoms with Gasteiger partial charge >= 0.3 is 0 Å². The summed E-state index contributed by atoms with van der Waals surface area (Å²) in [7, 11) is 0. The van der Waals surface area contributed by atoms with Crippen molar-refractivity contribution in [3.8, 4) is 5.75 Å². The lowest BCUT2D eigenvalue weighted by molar-refractivity contribution is 0.0322. The number of benzene rings is 2. The Morgan fingerprint density at radius 2 is 1.96 bits per heavy atom. The number of fused-ring (bicyclic) bond motifs is 4. The normalized spacial score (nSPS) is 15.7. The standard InChI is InChI=1S/C22H22N2O3/c1-15-18-4-5-23-14-16(18)12-20-19-13-17(2-3-21(19)27-22(15)20)26-11-8-24-6-9-25-10-7-24/h2-5,12-14H,6-11H2,1H3. The summed E-state index contributed by atoms with van der Waals surface area (Å²) in [4.78, 5) is 6.63. The summed E-state index contributed by atoms with van der Waals surface area (Å²) in [6.07, 6.45) is 3.73. The lowest BCUT2D eigenvalue weighted by atomic mass is 10.0. The molecule has 0 aliphatic carbocycles. The first-order valence-corrected chi connectivity index (χ1v) is 9.42. The summed E-state index contributed by atoms with van der Waals surface area (Å²) in [6, 6.07) is 10.3. The van der Waals surface area contributed by atoms with Gasteiger partial charge in [0.25, 0.3) is 0 Å². The summed E-state index contributed by atoms with van der Waals surface area (Å²) in [5.41, 5.74) is 2.97. The van der Waals surface area contributed by atoms with Gasteiger partial charge in [0.15, 0.2) is 0 Å². The van der Waals surface area contributed by atoms with Gasteiger partial charge < -0.3 is 13.9 Å². The van der Waals surface area contributed by atoms with Crippen molar-refractivity contribution in [2.75, 3.05) is 39.5 Å². The van der Waals surface area contributed by atoms with Crippen LogP contribution in [0.3, 0.4) is 0 Å². The molecule has 2 aromatic carbocycles. The highest BCUT2D eigenvalue weighted by molar-refractivity contribution is 6.12. The molecule has 138 valence electrons. The van der Waals surface area contributed by atoms with Crippen molar-refractivity contribution < 1.29 is 13.9 Å². The SMILES string of the molecule is Cc1c2ccncc2cc2c1oc1ccc(OCCN3CCOCC3)cc12. The van der Waals surface area contributed by atoms with E-state index in [1.807, 2.05) is 30.6 Å². The molecular formula is C22H22N2O3. The monoisotopic (exact) mass is 362 g/mol. The lowest BCUT2D eigenvalue weighted by Crippen LogP contribution is -2.38. The largest absolute Gasteiger partial charge is 0.492 e. The maximum absolute atomic E-state index is 6.15. The summed E-state index contributed by atoms with van der Waals surface area (Å²) in [6.45, 7) is 7.29. The predicted octanol–water partition coefficient (Wildman–Crippen LogP) is 4.15. The Morgan fingerprint density at radius 1 is 1.07 bits per heavy atom. The fourth-order valence-corrected chi connectivity index (χ4v) is 3.87. The van der Waals surface area contributed by atoms with Gasteiger partial charge in [-0.05, 0) is 42.6 Å². The Labute approximate surface area is 157 Å². The highest BCUT2D eigenvalue weighted by Crippen LogP contribution is 2.36. The Morgan fingerprint density at radius 3 is 2.85 bits per heavy atom. The molecule has 0 N–H and O–H groups in total. The predicted molar refractivity (Wildman–Crippen MR) is 107 cm³/mol. The lowest BCUT2D eigenvalue weighted by Gasteiger charge is -2.26. The molecule has 5 nitrogen and oxygen atoms in total. The maximum atomic E-state index is 6.15. The molecule has 0 unspecified atom stereocenters. The zero-order valence-electron chi connectivity index (χ0n) is 15.4. The average molecular weight is 362 g/mol. The smallest absolute Gasteiger partial charge is 0.138 e. The number of ether oxygens (including phenoxy) is 2. The van der Waals surface area contributed by atoms with Crippen LogP contribution in [0.15, 0.2) is 47.1 Å². The van der Waals surface area contributed by atoms with E-state index in [1.54, 1.807) is 0 Å². The second-order valence-electron chi connectivity index (χ2n) is 7.04. The van der Waals surface area contributed by atoms with E-state index in [2.05, 4.69) is 28.9 Å². The van der Waals surface area contributed by atoms with Gasteiger partial charge in [0.2, 0.25) is 0 Å². The minimum Gasteiger partial charge on any atom is -0.492 e. The van der Waals surface area contributed by atoms with Crippen molar-refractivity contribution in [1.29, 1.82) is 0 Å². The number of nitrogens with zero attached hydrogens (tertiary/aromatic N) is 2. The third kappa shape index (κ3) is 3.03. The molecule has 1 fully saturated rings. The quantitative estimate of drug-likeness (QED) is 0.546. The molecule has 0 bridgehead atoms. The van der Waals surface area contributed by atoms with E-state index < -0.39 is 0 Å². The van der Waals surface area contributed by atoms with Gasteiger partial charge in [-0.1, -0.05) is 0 Å². The molecule has 3 heterocycles. The maximum Gasteiger partial charge on any atom is 0.138 e. The van der Waals surface area contributed by atoms with Gasteiger partial charge in [-0.15, -0.1) is 0 Å². The summed E-state index contributed by atoms with van der Waals surface area (Å²) in [5.74, 6) is 0.877. The van der Waals surface area contributed by atoms with Crippen LogP contribution in [0, 0.1) is 6.92 Å². The van der Waals surface area contributed by atoms with Crippen molar-refractivity contribution in [3.05, 3.63) is 48.3 Å². The van der Waals surface area contributed by atoms with Crippen LogP contribution in [-0.2, 0) is 4.74 Å². The fourth-order valence-electron chi connectivity index (χ4n) is 3.87. The van der Waals surface area contributed by atoms with Gasteiger partial charge in [-0.3, -0.25) is 9.88 Å². The van der Waals surface area contributed by atoms with E-state index in [0.717, 1.165) is 71.5 Å². The van der Waals surface area contributed by atoms with Crippen molar-refractivity contribution in [2.45, 2.75) is 6.92 Å². The number of hydrogen-bond acceptors (Lipinski definition) is 5. The minimum absolute atomic E-state index is 0.674. The highest BCUT2D eigenvalue weighted by atomic mass is 16.5. The van der Waals surface area contributed by atoms with Crippen LogP contribution in [-0.4, -0.2) is 49.3 Å². The molecule has 0 spiro atoms. The molecule has 0 radical (unpaired) electrons. The fraction of sp³-hybridized carbons (Fsp3) is 0.318. The number of aromatic nitrogens is 1. The summed E-state index contributed by atoms with van der Waals surface area (Å²) in [5, 5.41) is 4.51. The molecule has 0 atom stereocenters. The van der Waals surface area contributed by atoms with Crippen LogP contribution >= 0.6 is 0 Å². The van der Waals surface area contributed by atoms with Crippen LogP contribution in [0.25, 0.3) is 32.7 Å². The number of rotatable bonds is 4. The van der Waals surface area contributed by atoms with Gasteiger partial charge in [0.1, 0.15) is 23.5 Å². The van der Waals surface area contributed by atoms with E-state index in [9.17, 15) is 0 Å². The van der Waals surface area contributed by atoms with E-state index in [1.165, 1.54) is 5.39 Å². The highest BCUT2D eigenvalue weighted by Gasteiger charge is 2.14. The third-order valence-corrected chi connectivity index (χ3v) is 5.37. The molecule has 5 heteroatoms. The molecule has 1 aliphatic heterocycles. The molecule has 2 aromatic heterocycles. The van der Waals surface area contributed by atoms with E-state index >= 15 is 0 Å². The first kappa shape index (κ1) is 16.5. The first-order chi connectivity index (χ1) is 13.3. The summed E-state index contributed by atoms with van der Waals surface area (Å²) < 4.78 is 17.6. The second-order valence-corrected chi connectivity index (χ2v) is 7.04. The average Bonchev–Trinajstić information content (AvgIpc) is 3.07. The van der Waals surface area contributed by atoms with Gasteiger partial charge in [-0.2, -0.15) is 0 Å². The van der Waals surface area contributed by atoms with Crippen molar-refractivity contribution in [1.82, 2.24) is 9.88 Å². The Balaban J connectivity index is 1.46. The molecule has 0 amide bonds. The molecular weight excluding hydrogens is 340 g/mol. The van der Waals surface area contributed by atoms with Crippen molar-refractivity contribution >= 4 is 32.7 Å². The molecule has 1 saturated heterocycles. The number of pyridine rings is 1. The van der Waals surface area contributed by atoms with Gasteiger partial charge in [0.05, 0.1) is 13.2 Å². The van der Waals surface area contributed by atoms with Crippen LogP contribution < -0.4 is 4.74 Å². The molecule has 27 heavy (non-hydrogen) atoms. The van der Waals surface area contributed by atoms with Crippen LogP contribution in [0.1, 0.15) is 5.56 Å². The number of furan rings is 1. The third-order valence-electron chi connectivity index (χ3n) is 5.37. The van der Waals surface area contributed by atoms with Crippen LogP contribution in [0.5, 0.6) is 5.75 Å². The van der Waals surface area contributed by atoms with Crippen LogP contribution in [0.2, 0.25) is 0 Å². The zero-order chi connectivity index (χ0) is 18.2. The second kappa shape index (κ2) is 6.83. The van der Waals surface area contributed by atoms with Gasteiger partial charge in [0, 0.05) is 53.8 Å². The summed E-state index contributed by atoms with van der Waals surface area (Å²) >= 11 is 0. The molecule has 0 saturated carbocycles. The molecule has 5 rings (SSSR count). The van der Waals surface area contributed by atoms with Crippen molar-refractivity contribution in [3.63, 3.8) is 0 Å². The van der Waals surface area contributed by atoms with E-state index in [0.29, 0.717) is 6.61 Å². The van der Waals surface area contributed by atoms with Crippen LogP contribution in [0.4, 0.5) is 0 Å². The Bertz CT molecular complexity index is 1110. The Kier molecular flexibility index (Phi) is 4.19. The number of morpholine rings is 1. The van der Waals surface area contributed by atoms with E-state index in [-0.39, 0.29) is 0 Å². The van der Waals surface area contributed by atoms with Gasteiger partial charge in [-0.25, -0.2) is 0 Å². The Hall–Kier alpha value is -2.63.